The predicted octanol–water partition coefficient (Wildman–Crippen LogP) is 3.88. The lowest BCUT2D eigenvalue weighted by Gasteiger charge is -2.10. The standard InChI is InChI=1S/C17H19N3/c1-5-14-6-7-15(13(4)12(14)3)16-10-20-9-11(2)8-18-17(20)19-16/h6-10H,5H2,1-4H3. The first-order valence-electron chi connectivity index (χ1n) is 7.01. The predicted molar refractivity (Wildman–Crippen MR) is 82.0 cm³/mol. The Morgan fingerprint density at radius 3 is 2.60 bits per heavy atom. The van der Waals surface area contributed by atoms with Crippen molar-refractivity contribution in [2.45, 2.75) is 34.1 Å². The van der Waals surface area contributed by atoms with Crippen LogP contribution in [0.5, 0.6) is 0 Å². The molecule has 0 spiro atoms. The van der Waals surface area contributed by atoms with E-state index in [1.807, 2.05) is 17.5 Å². The summed E-state index contributed by atoms with van der Waals surface area (Å²) in [7, 11) is 0. The molecule has 0 amide bonds. The van der Waals surface area contributed by atoms with E-state index in [0.29, 0.717) is 0 Å². The zero-order valence-corrected chi connectivity index (χ0v) is 12.4. The van der Waals surface area contributed by atoms with Crippen molar-refractivity contribution >= 4 is 5.78 Å². The molecule has 2 aromatic heterocycles. The molecule has 0 saturated carbocycles. The molecule has 2 heterocycles. The number of fused-ring (bicyclic) bond motifs is 1. The van der Waals surface area contributed by atoms with Gasteiger partial charge in [-0.25, -0.2) is 9.97 Å². The quantitative estimate of drug-likeness (QED) is 0.703. The second-order valence-corrected chi connectivity index (χ2v) is 5.34. The van der Waals surface area contributed by atoms with Crippen molar-refractivity contribution in [2.24, 2.45) is 0 Å². The maximum atomic E-state index is 4.63. The third kappa shape index (κ3) is 1.99. The molecule has 0 saturated heterocycles. The fraction of sp³-hybridized carbons (Fsp3) is 0.294. The maximum Gasteiger partial charge on any atom is 0.234 e. The van der Waals surface area contributed by atoms with Crippen LogP contribution in [-0.4, -0.2) is 14.4 Å². The van der Waals surface area contributed by atoms with Gasteiger partial charge in [-0.1, -0.05) is 19.1 Å². The Morgan fingerprint density at radius 1 is 1.05 bits per heavy atom. The molecule has 0 aliphatic heterocycles. The van der Waals surface area contributed by atoms with Crippen molar-refractivity contribution in [2.75, 3.05) is 0 Å². The highest BCUT2D eigenvalue weighted by atomic mass is 15.1. The summed E-state index contributed by atoms with van der Waals surface area (Å²) < 4.78 is 1.99. The van der Waals surface area contributed by atoms with Crippen molar-refractivity contribution in [3.8, 4) is 11.3 Å². The van der Waals surface area contributed by atoms with Crippen molar-refractivity contribution in [1.82, 2.24) is 14.4 Å². The first kappa shape index (κ1) is 12.9. The number of aryl methyl sites for hydroxylation is 2. The monoisotopic (exact) mass is 265 g/mol. The summed E-state index contributed by atoms with van der Waals surface area (Å²) in [5.41, 5.74) is 7.41. The van der Waals surface area contributed by atoms with Crippen molar-refractivity contribution in [3.05, 3.63) is 53.0 Å². The van der Waals surface area contributed by atoms with E-state index in [1.54, 1.807) is 0 Å². The zero-order valence-electron chi connectivity index (χ0n) is 12.4. The Kier molecular flexibility index (Phi) is 3.05. The van der Waals surface area contributed by atoms with Crippen LogP contribution >= 0.6 is 0 Å². The van der Waals surface area contributed by atoms with Crippen molar-refractivity contribution < 1.29 is 0 Å². The minimum Gasteiger partial charge on any atom is -0.290 e. The molecule has 0 N–H and O–H groups in total. The van der Waals surface area contributed by atoms with E-state index >= 15 is 0 Å². The van der Waals surface area contributed by atoms with Crippen LogP contribution < -0.4 is 0 Å². The number of rotatable bonds is 2. The Morgan fingerprint density at radius 2 is 1.85 bits per heavy atom. The molecule has 20 heavy (non-hydrogen) atoms. The molecule has 3 rings (SSSR count). The summed E-state index contributed by atoms with van der Waals surface area (Å²) in [6.45, 7) is 8.60. The first-order valence-corrected chi connectivity index (χ1v) is 7.01. The topological polar surface area (TPSA) is 30.2 Å². The lowest BCUT2D eigenvalue weighted by atomic mass is 9.95. The zero-order chi connectivity index (χ0) is 14.3. The van der Waals surface area contributed by atoms with Crippen LogP contribution in [0.1, 0.15) is 29.2 Å². The van der Waals surface area contributed by atoms with Gasteiger partial charge in [0, 0.05) is 24.2 Å². The van der Waals surface area contributed by atoms with E-state index in [1.165, 1.54) is 22.3 Å². The van der Waals surface area contributed by atoms with Gasteiger partial charge < -0.3 is 0 Å². The number of hydrogen-bond acceptors (Lipinski definition) is 2. The van der Waals surface area contributed by atoms with Gasteiger partial charge in [-0.3, -0.25) is 4.40 Å². The maximum absolute atomic E-state index is 4.63. The third-order valence-electron chi connectivity index (χ3n) is 4.00. The second-order valence-electron chi connectivity index (χ2n) is 5.34. The molecule has 0 aliphatic rings. The van der Waals surface area contributed by atoms with Crippen LogP contribution in [0, 0.1) is 20.8 Å². The summed E-state index contributed by atoms with van der Waals surface area (Å²) in [6, 6.07) is 4.39. The van der Waals surface area contributed by atoms with E-state index in [4.69, 9.17) is 0 Å². The van der Waals surface area contributed by atoms with Crippen LogP contribution in [-0.2, 0) is 6.42 Å². The van der Waals surface area contributed by atoms with Crippen LogP contribution in [0.3, 0.4) is 0 Å². The van der Waals surface area contributed by atoms with Crippen LogP contribution in [0.15, 0.2) is 30.7 Å². The van der Waals surface area contributed by atoms with Crippen LogP contribution in [0.4, 0.5) is 0 Å². The van der Waals surface area contributed by atoms with Crippen molar-refractivity contribution in [1.29, 1.82) is 0 Å². The number of imidazole rings is 1. The highest BCUT2D eigenvalue weighted by Crippen LogP contribution is 2.27. The van der Waals surface area contributed by atoms with Crippen LogP contribution in [0.25, 0.3) is 17.0 Å². The lowest BCUT2D eigenvalue weighted by molar-refractivity contribution is 1.08. The fourth-order valence-corrected chi connectivity index (χ4v) is 2.65. The van der Waals surface area contributed by atoms with Gasteiger partial charge in [0.25, 0.3) is 0 Å². The fourth-order valence-electron chi connectivity index (χ4n) is 2.65. The summed E-state index contributed by atoms with van der Waals surface area (Å²) in [4.78, 5) is 9.00. The molecule has 0 bridgehead atoms. The normalized spacial score (nSPS) is 11.2. The first-order chi connectivity index (χ1) is 9.60. The summed E-state index contributed by atoms with van der Waals surface area (Å²) in [6.07, 6.45) is 7.04. The summed E-state index contributed by atoms with van der Waals surface area (Å²) >= 11 is 0. The minimum atomic E-state index is 0.752. The minimum absolute atomic E-state index is 0.752. The van der Waals surface area contributed by atoms with Crippen molar-refractivity contribution in [3.63, 3.8) is 0 Å². The number of aromatic nitrogens is 3. The summed E-state index contributed by atoms with van der Waals surface area (Å²) in [5.74, 6) is 0.752. The van der Waals surface area contributed by atoms with Gasteiger partial charge in [0.1, 0.15) is 0 Å². The second kappa shape index (κ2) is 4.75. The number of hydrogen-bond donors (Lipinski definition) is 0. The summed E-state index contributed by atoms with van der Waals surface area (Å²) in [5, 5.41) is 0. The van der Waals surface area contributed by atoms with Gasteiger partial charge >= 0.3 is 0 Å². The largest absolute Gasteiger partial charge is 0.290 e. The molecule has 3 nitrogen and oxygen atoms in total. The molecule has 1 aromatic carbocycles. The lowest BCUT2D eigenvalue weighted by Crippen LogP contribution is -1.93. The highest BCUT2D eigenvalue weighted by Gasteiger charge is 2.11. The smallest absolute Gasteiger partial charge is 0.234 e. The molecule has 102 valence electrons. The third-order valence-corrected chi connectivity index (χ3v) is 4.00. The van der Waals surface area contributed by atoms with E-state index < -0.39 is 0 Å². The van der Waals surface area contributed by atoms with E-state index in [-0.39, 0.29) is 0 Å². The van der Waals surface area contributed by atoms with Gasteiger partial charge in [-0.2, -0.15) is 0 Å². The Hall–Kier alpha value is -2.16. The number of nitrogens with zero attached hydrogens (tertiary/aromatic N) is 3. The molecule has 3 heteroatoms. The molecule has 3 aromatic rings. The van der Waals surface area contributed by atoms with Crippen LogP contribution in [0.2, 0.25) is 0 Å². The van der Waals surface area contributed by atoms with Gasteiger partial charge in [0.05, 0.1) is 5.69 Å². The molecule has 0 aliphatic carbocycles. The average Bonchev–Trinajstić information content (AvgIpc) is 2.84. The Labute approximate surface area is 119 Å². The molecular weight excluding hydrogens is 246 g/mol. The Bertz CT molecular complexity index is 784. The molecule has 0 fully saturated rings. The Balaban J connectivity index is 2.18. The van der Waals surface area contributed by atoms with E-state index in [2.05, 4.69) is 55.3 Å². The van der Waals surface area contributed by atoms with Gasteiger partial charge in [0.15, 0.2) is 0 Å². The SMILES string of the molecule is CCc1ccc(-c2cn3cc(C)cnc3n2)c(C)c1C. The van der Waals surface area contributed by atoms with Gasteiger partial charge in [0.2, 0.25) is 5.78 Å². The molecular formula is C17H19N3. The molecule has 0 unspecified atom stereocenters. The van der Waals surface area contributed by atoms with E-state index in [9.17, 15) is 0 Å². The number of benzene rings is 1. The highest BCUT2D eigenvalue weighted by molar-refractivity contribution is 5.67. The van der Waals surface area contributed by atoms with Gasteiger partial charge in [-0.05, 0) is 49.4 Å². The molecule has 0 atom stereocenters. The van der Waals surface area contributed by atoms with Gasteiger partial charge in [-0.15, -0.1) is 0 Å². The molecule has 0 radical (unpaired) electrons. The van der Waals surface area contributed by atoms with E-state index in [0.717, 1.165) is 23.5 Å². The average molecular weight is 265 g/mol.